The Bertz CT molecular complexity index is 1060. The van der Waals surface area contributed by atoms with E-state index in [1.165, 1.54) is 6.20 Å². The highest BCUT2D eigenvalue weighted by Gasteiger charge is 2.16. The first-order valence-corrected chi connectivity index (χ1v) is 8.00. The van der Waals surface area contributed by atoms with Crippen LogP contribution in [-0.4, -0.2) is 27.6 Å². The topological polar surface area (TPSA) is 81.7 Å². The van der Waals surface area contributed by atoms with E-state index in [0.717, 1.165) is 16.9 Å². The van der Waals surface area contributed by atoms with Gasteiger partial charge >= 0.3 is 0 Å². The van der Waals surface area contributed by atoms with Crippen molar-refractivity contribution in [3.05, 3.63) is 66.3 Å². The molecule has 26 heavy (non-hydrogen) atoms. The number of carbonyl (C=O) groups is 1. The van der Waals surface area contributed by atoms with Gasteiger partial charge in [-0.05, 0) is 37.3 Å². The second-order valence-corrected chi connectivity index (χ2v) is 5.76. The summed E-state index contributed by atoms with van der Waals surface area (Å²) in [6, 6.07) is 11.4. The monoisotopic (exact) mass is 348 g/mol. The maximum absolute atomic E-state index is 12.5. The van der Waals surface area contributed by atoms with E-state index in [2.05, 4.69) is 15.5 Å². The number of pyridine rings is 1. The molecule has 0 aliphatic carbocycles. The van der Waals surface area contributed by atoms with E-state index < -0.39 is 0 Å². The first-order valence-electron chi connectivity index (χ1n) is 8.00. The number of carbonyl (C=O) groups excluding carboxylic acids is 1. The van der Waals surface area contributed by atoms with Crippen molar-refractivity contribution in [3.8, 4) is 17.0 Å². The number of aryl methyl sites for hydroxylation is 1. The summed E-state index contributed by atoms with van der Waals surface area (Å²) in [5.41, 5.74) is 3.45. The number of methoxy groups -OCH3 is 1. The highest BCUT2D eigenvalue weighted by atomic mass is 16.5. The molecule has 0 fully saturated rings. The van der Waals surface area contributed by atoms with E-state index in [1.54, 1.807) is 20.1 Å². The van der Waals surface area contributed by atoms with Crippen LogP contribution in [0.2, 0.25) is 0 Å². The van der Waals surface area contributed by atoms with Gasteiger partial charge in [-0.2, -0.15) is 0 Å². The smallest absolute Gasteiger partial charge is 0.260 e. The van der Waals surface area contributed by atoms with Crippen molar-refractivity contribution in [2.24, 2.45) is 0 Å². The first-order chi connectivity index (χ1) is 12.7. The van der Waals surface area contributed by atoms with Gasteiger partial charge in [0.15, 0.2) is 0 Å². The fourth-order valence-corrected chi connectivity index (χ4v) is 2.75. The van der Waals surface area contributed by atoms with Crippen LogP contribution in [0.15, 0.2) is 59.5 Å². The number of imidazole rings is 1. The molecule has 3 aromatic heterocycles. The van der Waals surface area contributed by atoms with Crippen LogP contribution >= 0.6 is 0 Å². The van der Waals surface area contributed by atoms with Gasteiger partial charge in [-0.25, -0.2) is 4.98 Å². The van der Waals surface area contributed by atoms with Gasteiger partial charge in [0.25, 0.3) is 5.91 Å². The Morgan fingerprint density at radius 3 is 2.88 bits per heavy atom. The Morgan fingerprint density at radius 1 is 1.27 bits per heavy atom. The number of anilines is 1. The van der Waals surface area contributed by atoms with Gasteiger partial charge in [0, 0.05) is 18.0 Å². The highest BCUT2D eigenvalue weighted by Crippen LogP contribution is 2.31. The first kappa shape index (κ1) is 15.9. The third kappa shape index (κ3) is 2.79. The summed E-state index contributed by atoms with van der Waals surface area (Å²) in [7, 11) is 1.56. The number of aromatic nitrogens is 3. The van der Waals surface area contributed by atoms with Crippen LogP contribution in [0, 0.1) is 6.92 Å². The molecule has 4 rings (SSSR count). The summed E-state index contributed by atoms with van der Waals surface area (Å²) in [5.74, 6) is 0.701. The van der Waals surface area contributed by atoms with Gasteiger partial charge in [0.05, 0.1) is 24.7 Å². The fourth-order valence-electron chi connectivity index (χ4n) is 2.75. The molecule has 0 aliphatic rings. The van der Waals surface area contributed by atoms with Gasteiger partial charge < -0.3 is 19.0 Å². The van der Waals surface area contributed by atoms with E-state index in [4.69, 9.17) is 9.26 Å². The number of ether oxygens (including phenoxy) is 1. The summed E-state index contributed by atoms with van der Waals surface area (Å²) in [5, 5.41) is 6.49. The molecule has 7 heteroatoms. The Labute approximate surface area is 149 Å². The standard InChI is InChI=1S/C19H16N4O3/c1-12-14(10-20-26-12)19(24)22-15-9-13(6-7-17(15)25-2)16-11-23-8-4-3-5-18(23)21-16/h3-11H,1-2H3,(H,22,24). The predicted octanol–water partition coefficient (Wildman–Crippen LogP) is 3.56. The summed E-state index contributed by atoms with van der Waals surface area (Å²) in [6.45, 7) is 1.69. The van der Waals surface area contributed by atoms with Gasteiger partial charge in [-0.1, -0.05) is 11.2 Å². The zero-order chi connectivity index (χ0) is 18.1. The molecule has 4 aromatic rings. The molecule has 130 valence electrons. The molecule has 3 heterocycles. The third-order valence-corrected chi connectivity index (χ3v) is 4.10. The van der Waals surface area contributed by atoms with Crippen molar-refractivity contribution in [1.29, 1.82) is 0 Å². The van der Waals surface area contributed by atoms with Crippen LogP contribution < -0.4 is 10.1 Å². The van der Waals surface area contributed by atoms with Crippen LogP contribution in [0.3, 0.4) is 0 Å². The Kier molecular flexibility index (Phi) is 3.89. The van der Waals surface area contributed by atoms with Crippen LogP contribution in [0.1, 0.15) is 16.1 Å². The molecule has 1 aromatic carbocycles. The number of fused-ring (bicyclic) bond motifs is 1. The normalized spacial score (nSPS) is 10.8. The number of benzene rings is 1. The minimum atomic E-state index is -0.311. The Hall–Kier alpha value is -3.61. The number of hydrogen-bond acceptors (Lipinski definition) is 5. The maximum atomic E-state index is 12.5. The lowest BCUT2D eigenvalue weighted by Gasteiger charge is -2.11. The van der Waals surface area contributed by atoms with Crippen LogP contribution in [0.4, 0.5) is 5.69 Å². The lowest BCUT2D eigenvalue weighted by molar-refractivity contribution is 0.102. The molecule has 0 saturated heterocycles. The van der Waals surface area contributed by atoms with E-state index in [1.807, 2.05) is 47.1 Å². The lowest BCUT2D eigenvalue weighted by atomic mass is 10.1. The summed E-state index contributed by atoms with van der Waals surface area (Å²) in [4.78, 5) is 17.1. The molecule has 0 saturated carbocycles. The summed E-state index contributed by atoms with van der Waals surface area (Å²) < 4.78 is 12.3. The number of nitrogens with zero attached hydrogens (tertiary/aromatic N) is 3. The quantitative estimate of drug-likeness (QED) is 0.610. The zero-order valence-corrected chi connectivity index (χ0v) is 14.3. The molecular formula is C19H16N4O3. The second kappa shape index (κ2) is 6.36. The van der Waals surface area contributed by atoms with E-state index in [-0.39, 0.29) is 5.91 Å². The minimum absolute atomic E-state index is 0.311. The van der Waals surface area contributed by atoms with Crippen LogP contribution in [0.25, 0.3) is 16.9 Å². The van der Waals surface area contributed by atoms with Gasteiger partial charge in [-0.15, -0.1) is 0 Å². The zero-order valence-electron chi connectivity index (χ0n) is 14.3. The molecule has 0 atom stereocenters. The van der Waals surface area contributed by atoms with Crippen molar-refractivity contribution in [1.82, 2.24) is 14.5 Å². The van der Waals surface area contributed by atoms with Crippen LogP contribution in [-0.2, 0) is 0 Å². The molecule has 0 bridgehead atoms. The Morgan fingerprint density at radius 2 is 2.15 bits per heavy atom. The van der Waals surface area contributed by atoms with Crippen molar-refractivity contribution in [3.63, 3.8) is 0 Å². The van der Waals surface area contributed by atoms with Crippen LogP contribution in [0.5, 0.6) is 5.75 Å². The average molecular weight is 348 g/mol. The SMILES string of the molecule is COc1ccc(-c2cn3ccccc3n2)cc1NC(=O)c1cnoc1C. The lowest BCUT2D eigenvalue weighted by Crippen LogP contribution is -2.13. The van der Waals surface area contributed by atoms with Gasteiger partial charge in [0.2, 0.25) is 0 Å². The maximum Gasteiger partial charge on any atom is 0.260 e. The average Bonchev–Trinajstić information content (AvgIpc) is 3.27. The van der Waals surface area contributed by atoms with Crippen molar-refractivity contribution >= 4 is 17.2 Å². The van der Waals surface area contributed by atoms with Gasteiger partial charge in [-0.3, -0.25) is 4.79 Å². The van der Waals surface area contributed by atoms with Crippen molar-refractivity contribution in [2.45, 2.75) is 6.92 Å². The number of hydrogen-bond donors (Lipinski definition) is 1. The number of amides is 1. The predicted molar refractivity (Wildman–Crippen MR) is 96.4 cm³/mol. The molecular weight excluding hydrogens is 332 g/mol. The fraction of sp³-hybridized carbons (Fsp3) is 0.105. The van der Waals surface area contributed by atoms with E-state index in [0.29, 0.717) is 22.8 Å². The molecule has 1 amide bonds. The van der Waals surface area contributed by atoms with Gasteiger partial charge in [0.1, 0.15) is 22.7 Å². The van der Waals surface area contributed by atoms with Crippen molar-refractivity contribution < 1.29 is 14.1 Å². The molecule has 0 spiro atoms. The minimum Gasteiger partial charge on any atom is -0.495 e. The molecule has 1 N–H and O–H groups in total. The molecule has 7 nitrogen and oxygen atoms in total. The third-order valence-electron chi connectivity index (χ3n) is 4.10. The second-order valence-electron chi connectivity index (χ2n) is 5.76. The van der Waals surface area contributed by atoms with E-state index >= 15 is 0 Å². The molecule has 0 radical (unpaired) electrons. The molecule has 0 aliphatic heterocycles. The largest absolute Gasteiger partial charge is 0.495 e. The van der Waals surface area contributed by atoms with Crippen molar-refractivity contribution in [2.75, 3.05) is 12.4 Å². The highest BCUT2D eigenvalue weighted by molar-refractivity contribution is 6.05. The summed E-state index contributed by atoms with van der Waals surface area (Å²) >= 11 is 0. The summed E-state index contributed by atoms with van der Waals surface area (Å²) in [6.07, 6.45) is 5.27. The number of rotatable bonds is 4. The Balaban J connectivity index is 1.71. The number of nitrogens with one attached hydrogen (secondary N) is 1. The van der Waals surface area contributed by atoms with E-state index in [9.17, 15) is 4.79 Å². The molecule has 0 unspecified atom stereocenters.